The SMILES string of the molecule is CC/C=C\C/C=C\C/C=C\C/C=C\C/C=C\CCCCCC(=O)OC(COC(=O)CCCCCCCCCCCCC)COP(=O)(O)OCC(CO)OC(=O)CCCCCCC/C=C\CCCC. The Balaban J connectivity index is 4.79. The molecular weight excluding hydrogens is 880 g/mol. The first-order valence-electron chi connectivity index (χ1n) is 26.8. The number of rotatable bonds is 49. The fourth-order valence-corrected chi connectivity index (χ4v) is 7.79. The van der Waals surface area contributed by atoms with Crippen LogP contribution in [0.15, 0.2) is 72.9 Å². The molecule has 0 rings (SSSR count). The number of hydrogen-bond acceptors (Lipinski definition) is 10. The molecule has 0 spiro atoms. The summed E-state index contributed by atoms with van der Waals surface area (Å²) in [5.41, 5.74) is 0. The Morgan fingerprint density at radius 2 is 0.779 bits per heavy atom. The van der Waals surface area contributed by atoms with E-state index in [1.54, 1.807) is 0 Å². The second-order valence-electron chi connectivity index (χ2n) is 17.7. The molecule has 0 amide bonds. The Morgan fingerprint density at radius 3 is 1.25 bits per heavy atom. The van der Waals surface area contributed by atoms with E-state index in [0.29, 0.717) is 19.3 Å². The Morgan fingerprint density at radius 1 is 0.426 bits per heavy atom. The molecule has 0 saturated heterocycles. The predicted octanol–water partition coefficient (Wildman–Crippen LogP) is 15.4. The second kappa shape index (κ2) is 50.3. The lowest BCUT2D eigenvalue weighted by atomic mass is 10.1. The lowest BCUT2D eigenvalue weighted by Gasteiger charge is -2.21. The van der Waals surface area contributed by atoms with Gasteiger partial charge in [0.15, 0.2) is 6.10 Å². The van der Waals surface area contributed by atoms with Crippen LogP contribution in [0.5, 0.6) is 0 Å². The van der Waals surface area contributed by atoms with Crippen molar-refractivity contribution in [3.63, 3.8) is 0 Å². The van der Waals surface area contributed by atoms with Crippen LogP contribution in [0.1, 0.15) is 226 Å². The van der Waals surface area contributed by atoms with Gasteiger partial charge in [0, 0.05) is 19.3 Å². The third-order valence-electron chi connectivity index (χ3n) is 11.1. The number of allylic oxidation sites excluding steroid dienone is 12. The average Bonchev–Trinajstić information content (AvgIpc) is 3.32. The van der Waals surface area contributed by atoms with E-state index in [2.05, 4.69) is 93.7 Å². The lowest BCUT2D eigenvalue weighted by Crippen LogP contribution is -2.30. The van der Waals surface area contributed by atoms with Crippen molar-refractivity contribution in [2.24, 2.45) is 0 Å². The van der Waals surface area contributed by atoms with Crippen molar-refractivity contribution < 1.29 is 52.2 Å². The van der Waals surface area contributed by atoms with Gasteiger partial charge in [0.1, 0.15) is 12.7 Å². The molecule has 11 nitrogen and oxygen atoms in total. The molecule has 392 valence electrons. The second-order valence-corrected chi connectivity index (χ2v) is 19.1. The van der Waals surface area contributed by atoms with E-state index in [1.165, 1.54) is 57.8 Å². The maximum Gasteiger partial charge on any atom is 0.472 e. The highest BCUT2D eigenvalue weighted by atomic mass is 31.2. The molecule has 12 heteroatoms. The number of ether oxygens (including phenoxy) is 3. The van der Waals surface area contributed by atoms with Crippen LogP contribution in [0.2, 0.25) is 0 Å². The summed E-state index contributed by atoms with van der Waals surface area (Å²) in [5.74, 6) is -1.51. The number of aliphatic hydroxyl groups excluding tert-OH is 1. The van der Waals surface area contributed by atoms with Crippen LogP contribution in [0.4, 0.5) is 0 Å². The minimum absolute atomic E-state index is 0.127. The van der Waals surface area contributed by atoms with Gasteiger partial charge in [-0.2, -0.15) is 0 Å². The van der Waals surface area contributed by atoms with Gasteiger partial charge in [-0.1, -0.05) is 196 Å². The molecule has 0 aliphatic heterocycles. The average molecular weight is 977 g/mol. The molecule has 3 unspecified atom stereocenters. The predicted molar refractivity (Wildman–Crippen MR) is 279 cm³/mol. The molecule has 0 heterocycles. The molecule has 0 aromatic heterocycles. The first kappa shape index (κ1) is 64.9. The lowest BCUT2D eigenvalue weighted by molar-refractivity contribution is -0.161. The van der Waals surface area contributed by atoms with E-state index in [4.69, 9.17) is 23.3 Å². The van der Waals surface area contributed by atoms with E-state index in [1.807, 2.05) is 0 Å². The van der Waals surface area contributed by atoms with Crippen LogP contribution >= 0.6 is 7.82 Å². The van der Waals surface area contributed by atoms with Crippen LogP contribution in [0.25, 0.3) is 0 Å². The molecule has 68 heavy (non-hydrogen) atoms. The number of esters is 3. The Hall–Kier alpha value is -3.08. The molecule has 0 aliphatic rings. The topological polar surface area (TPSA) is 155 Å². The fraction of sp³-hybridized carbons (Fsp3) is 0.732. The van der Waals surface area contributed by atoms with Crippen LogP contribution < -0.4 is 0 Å². The number of aliphatic hydroxyl groups is 1. The summed E-state index contributed by atoms with van der Waals surface area (Å²) in [7, 11) is -4.75. The van der Waals surface area contributed by atoms with Gasteiger partial charge in [-0.25, -0.2) is 4.57 Å². The van der Waals surface area contributed by atoms with Crippen LogP contribution in [0.3, 0.4) is 0 Å². The first-order valence-corrected chi connectivity index (χ1v) is 28.3. The summed E-state index contributed by atoms with van der Waals surface area (Å²) in [5, 5.41) is 9.76. The molecule has 0 bridgehead atoms. The Labute approximate surface area is 414 Å². The number of carbonyl (C=O) groups excluding carboxylic acids is 3. The fourth-order valence-electron chi connectivity index (χ4n) is 7.01. The largest absolute Gasteiger partial charge is 0.472 e. The molecule has 2 N–H and O–H groups in total. The van der Waals surface area contributed by atoms with Crippen LogP contribution in [-0.2, 0) is 42.2 Å². The molecule has 0 saturated carbocycles. The highest BCUT2D eigenvalue weighted by molar-refractivity contribution is 7.47. The van der Waals surface area contributed by atoms with Gasteiger partial charge in [-0.15, -0.1) is 0 Å². The number of hydrogen-bond donors (Lipinski definition) is 2. The highest BCUT2D eigenvalue weighted by Gasteiger charge is 2.28. The van der Waals surface area contributed by atoms with Crippen LogP contribution in [-0.4, -0.2) is 66.5 Å². The van der Waals surface area contributed by atoms with Gasteiger partial charge in [-0.05, 0) is 83.5 Å². The maximum absolute atomic E-state index is 12.8. The standard InChI is InChI=1S/C56H97O11P/c1-4-7-10-13-16-19-22-23-24-25-26-27-28-29-32-35-38-41-44-47-56(60)67-53(49-63-54(58)45-42-39-36-33-30-20-17-14-11-8-5-2)51-65-68(61,62)64-50-52(48-57)66-55(59)46-43-40-37-34-31-21-18-15-12-9-6-3/h7,10,15-16,18-19,23-24,26-27,29,32,52-53,57H,4-6,8-9,11-14,17,20-22,25,28,30-31,33-51H2,1-3H3,(H,61,62)/b10-7-,18-15-,19-16-,24-23-,27-26-,32-29-. The summed E-state index contributed by atoms with van der Waals surface area (Å²) in [4.78, 5) is 48.3. The van der Waals surface area contributed by atoms with Gasteiger partial charge in [0.2, 0.25) is 0 Å². The summed E-state index contributed by atoms with van der Waals surface area (Å²) < 4.78 is 39.3. The van der Waals surface area contributed by atoms with E-state index in [9.17, 15) is 28.9 Å². The molecule has 3 atom stereocenters. The third-order valence-corrected chi connectivity index (χ3v) is 12.1. The van der Waals surface area contributed by atoms with E-state index < -0.39 is 57.8 Å². The van der Waals surface area contributed by atoms with Crippen molar-refractivity contribution in [3.05, 3.63) is 72.9 Å². The molecule has 0 aliphatic carbocycles. The number of phosphoric acid groups is 1. The first-order chi connectivity index (χ1) is 33.2. The molecule has 0 radical (unpaired) electrons. The normalized spacial score (nSPS) is 14.0. The maximum atomic E-state index is 12.8. The summed E-state index contributed by atoms with van der Waals surface area (Å²) in [6, 6.07) is 0. The molecule has 0 fully saturated rings. The molecule has 0 aromatic carbocycles. The van der Waals surface area contributed by atoms with Gasteiger partial charge >= 0.3 is 25.7 Å². The van der Waals surface area contributed by atoms with Gasteiger partial charge in [0.25, 0.3) is 0 Å². The zero-order chi connectivity index (χ0) is 49.9. The van der Waals surface area contributed by atoms with E-state index in [-0.39, 0.29) is 25.9 Å². The van der Waals surface area contributed by atoms with Crippen molar-refractivity contribution in [2.45, 2.75) is 238 Å². The van der Waals surface area contributed by atoms with E-state index >= 15 is 0 Å². The zero-order valence-electron chi connectivity index (χ0n) is 43.1. The Kier molecular flexibility index (Phi) is 48.0. The third kappa shape index (κ3) is 48.0. The number of unbranched alkanes of at least 4 members (excludes halogenated alkanes) is 20. The summed E-state index contributed by atoms with van der Waals surface area (Å²) >= 11 is 0. The van der Waals surface area contributed by atoms with Crippen molar-refractivity contribution in [1.82, 2.24) is 0 Å². The number of phosphoric ester groups is 1. The highest BCUT2D eigenvalue weighted by Crippen LogP contribution is 2.43. The molecular formula is C56H97O11P. The van der Waals surface area contributed by atoms with E-state index in [0.717, 1.165) is 109 Å². The van der Waals surface area contributed by atoms with Crippen LogP contribution in [0, 0.1) is 0 Å². The van der Waals surface area contributed by atoms with Gasteiger partial charge in [-0.3, -0.25) is 23.4 Å². The van der Waals surface area contributed by atoms with Crippen molar-refractivity contribution in [3.8, 4) is 0 Å². The van der Waals surface area contributed by atoms with Crippen molar-refractivity contribution in [1.29, 1.82) is 0 Å². The molecule has 0 aromatic rings. The monoisotopic (exact) mass is 977 g/mol. The summed E-state index contributed by atoms with van der Waals surface area (Å²) in [6.45, 7) is 4.42. The quantitative estimate of drug-likeness (QED) is 0.0197. The number of carbonyl (C=O) groups is 3. The van der Waals surface area contributed by atoms with Gasteiger partial charge < -0.3 is 24.2 Å². The Bertz CT molecular complexity index is 1420. The zero-order valence-corrected chi connectivity index (χ0v) is 43.9. The smallest absolute Gasteiger partial charge is 0.462 e. The van der Waals surface area contributed by atoms with Crippen molar-refractivity contribution >= 4 is 25.7 Å². The minimum Gasteiger partial charge on any atom is -0.462 e. The summed E-state index contributed by atoms with van der Waals surface area (Å²) in [6.07, 6.45) is 54.4. The van der Waals surface area contributed by atoms with Crippen molar-refractivity contribution in [2.75, 3.05) is 26.4 Å². The minimum atomic E-state index is -4.75. The van der Waals surface area contributed by atoms with Gasteiger partial charge in [0.05, 0.1) is 19.8 Å².